The second-order valence-corrected chi connectivity index (χ2v) is 10.2. The maximum Gasteiger partial charge on any atom is 0.307 e. The molecule has 10 heteroatoms. The van der Waals surface area contributed by atoms with Gasteiger partial charge in [0.2, 0.25) is 0 Å². The third-order valence-electron chi connectivity index (χ3n) is 4.80. The number of benzene rings is 3. The van der Waals surface area contributed by atoms with Gasteiger partial charge in [0, 0.05) is 25.5 Å². The van der Waals surface area contributed by atoms with E-state index in [2.05, 4.69) is 49.0 Å². The smallest absolute Gasteiger partial charge is 0.307 e. The van der Waals surface area contributed by atoms with Gasteiger partial charge in [0.25, 0.3) is 0 Å². The molecule has 180 valence electrons. The van der Waals surface area contributed by atoms with E-state index >= 15 is 0 Å². The topological polar surface area (TPSA) is 73.1 Å². The molecular weight excluding hydrogens is 670 g/mol. The molecule has 6 nitrogen and oxygen atoms in total. The molecule has 0 unspecified atom stereocenters. The van der Waals surface area contributed by atoms with E-state index in [0.717, 1.165) is 24.6 Å². The first kappa shape index (κ1) is 25.8. The third kappa shape index (κ3) is 6.49. The third-order valence-corrected chi connectivity index (χ3v) is 6.68. The molecule has 1 aromatic heterocycles. The fraction of sp³-hybridized carbons (Fsp3) is 0.120. The van der Waals surface area contributed by atoms with Gasteiger partial charge in [-0.05, 0) is 83.6 Å². The molecule has 0 saturated carbocycles. The number of rotatable bonds is 8. The van der Waals surface area contributed by atoms with Crippen LogP contribution in [-0.2, 0) is 6.61 Å². The molecule has 4 aromatic rings. The van der Waals surface area contributed by atoms with Crippen molar-refractivity contribution in [3.8, 4) is 11.5 Å². The number of hydrogen-bond donors (Lipinski definition) is 1. The molecule has 0 aliphatic heterocycles. The number of furan rings is 1. The molecular formula is C25H18BrCl2IN2O4. The van der Waals surface area contributed by atoms with Crippen LogP contribution >= 0.6 is 61.7 Å². The van der Waals surface area contributed by atoms with E-state index in [1.165, 1.54) is 6.21 Å². The van der Waals surface area contributed by atoms with Crippen molar-refractivity contribution in [2.24, 2.45) is 5.10 Å². The Labute approximate surface area is 233 Å². The molecule has 0 atom stereocenters. The van der Waals surface area contributed by atoms with Crippen LogP contribution in [-0.4, -0.2) is 18.7 Å². The van der Waals surface area contributed by atoms with Crippen molar-refractivity contribution in [1.29, 1.82) is 0 Å². The molecule has 3 aromatic carbocycles. The fourth-order valence-corrected chi connectivity index (χ4v) is 4.82. The van der Waals surface area contributed by atoms with Crippen LogP contribution in [0.3, 0.4) is 0 Å². The van der Waals surface area contributed by atoms with Gasteiger partial charge in [-0.15, -0.1) is 0 Å². The first-order valence-electron chi connectivity index (χ1n) is 10.4. The van der Waals surface area contributed by atoms with Gasteiger partial charge in [-0.25, -0.2) is 5.43 Å². The summed E-state index contributed by atoms with van der Waals surface area (Å²) in [6.45, 7) is 2.59. The number of hydrazone groups is 1. The standard InChI is InChI=1S/C25H18BrCl2IN2O4/c1-2-33-22-8-14(7-20(29)24(22)34-13-15-3-5-18(27)11-19(15)28)12-30-31-25(32)23-10-16-9-17(26)4-6-21(16)35-23/h3-12H,2,13H2,1H3,(H,31,32)/b30-12+. The molecule has 0 spiro atoms. The van der Waals surface area contributed by atoms with Crippen molar-refractivity contribution in [2.75, 3.05) is 6.61 Å². The molecule has 0 radical (unpaired) electrons. The summed E-state index contributed by atoms with van der Waals surface area (Å²) in [5.41, 5.74) is 4.64. The van der Waals surface area contributed by atoms with Crippen molar-refractivity contribution in [1.82, 2.24) is 5.43 Å². The zero-order chi connectivity index (χ0) is 24.9. The van der Waals surface area contributed by atoms with Crippen LogP contribution in [0.25, 0.3) is 11.0 Å². The van der Waals surface area contributed by atoms with Crippen molar-refractivity contribution in [3.63, 3.8) is 0 Å². The molecule has 0 aliphatic carbocycles. The van der Waals surface area contributed by atoms with E-state index in [-0.39, 0.29) is 12.4 Å². The van der Waals surface area contributed by atoms with Crippen LogP contribution in [0, 0.1) is 3.57 Å². The van der Waals surface area contributed by atoms with Gasteiger partial charge in [0.1, 0.15) is 12.2 Å². The largest absolute Gasteiger partial charge is 0.490 e. The van der Waals surface area contributed by atoms with Gasteiger partial charge in [-0.1, -0.05) is 45.2 Å². The molecule has 1 heterocycles. The quantitative estimate of drug-likeness (QED) is 0.116. The molecule has 0 bridgehead atoms. The van der Waals surface area contributed by atoms with E-state index in [9.17, 15) is 4.79 Å². The summed E-state index contributed by atoms with van der Waals surface area (Å²) < 4.78 is 19.1. The predicted molar refractivity (Wildman–Crippen MR) is 150 cm³/mol. The number of carbonyl (C=O) groups is 1. The van der Waals surface area contributed by atoms with Crippen molar-refractivity contribution in [3.05, 3.63) is 89.6 Å². The number of amides is 1. The average Bonchev–Trinajstić information content (AvgIpc) is 3.23. The van der Waals surface area contributed by atoms with Crippen LogP contribution < -0.4 is 14.9 Å². The number of carbonyl (C=O) groups excluding carboxylic acids is 1. The number of fused-ring (bicyclic) bond motifs is 1. The lowest BCUT2D eigenvalue weighted by Gasteiger charge is -2.15. The van der Waals surface area contributed by atoms with E-state index in [1.54, 1.807) is 30.3 Å². The molecule has 0 saturated heterocycles. The average molecular weight is 688 g/mol. The van der Waals surface area contributed by atoms with Gasteiger partial charge < -0.3 is 13.9 Å². The van der Waals surface area contributed by atoms with Crippen LogP contribution in [0.2, 0.25) is 10.0 Å². The minimum absolute atomic E-state index is 0.171. The second-order valence-electron chi connectivity index (χ2n) is 7.28. The number of nitrogens with one attached hydrogen (secondary N) is 1. The Morgan fingerprint density at radius 2 is 1.97 bits per heavy atom. The maximum absolute atomic E-state index is 12.5. The SMILES string of the molecule is CCOc1cc(/C=N/NC(=O)c2cc3cc(Br)ccc3o2)cc(I)c1OCc1ccc(Cl)cc1Cl. The molecule has 35 heavy (non-hydrogen) atoms. The Morgan fingerprint density at radius 1 is 1.14 bits per heavy atom. The van der Waals surface area contributed by atoms with Crippen LogP contribution in [0.5, 0.6) is 11.5 Å². The Bertz CT molecular complexity index is 1420. The Morgan fingerprint density at radius 3 is 2.74 bits per heavy atom. The molecule has 1 N–H and O–H groups in total. The summed E-state index contributed by atoms with van der Waals surface area (Å²) in [6, 6.07) is 16.1. The van der Waals surface area contributed by atoms with Crippen molar-refractivity contribution < 1.29 is 18.7 Å². The second kappa shape index (κ2) is 11.6. The minimum atomic E-state index is -0.451. The highest BCUT2D eigenvalue weighted by Crippen LogP contribution is 2.35. The summed E-state index contributed by atoms with van der Waals surface area (Å²) in [7, 11) is 0. The lowest BCUT2D eigenvalue weighted by Crippen LogP contribution is -2.16. The van der Waals surface area contributed by atoms with Gasteiger partial charge in [-0.2, -0.15) is 5.10 Å². The summed E-state index contributed by atoms with van der Waals surface area (Å²) in [4.78, 5) is 12.5. The van der Waals surface area contributed by atoms with Crippen LogP contribution in [0.4, 0.5) is 0 Å². The normalized spacial score (nSPS) is 11.2. The summed E-state index contributed by atoms with van der Waals surface area (Å²) in [5.74, 6) is 0.866. The Hall–Kier alpha value is -2.27. The van der Waals surface area contributed by atoms with Gasteiger partial charge in [0.15, 0.2) is 17.3 Å². The van der Waals surface area contributed by atoms with Gasteiger partial charge in [-0.3, -0.25) is 4.79 Å². The monoisotopic (exact) mass is 686 g/mol. The van der Waals surface area contributed by atoms with E-state index in [0.29, 0.717) is 33.7 Å². The molecule has 4 rings (SSSR count). The van der Waals surface area contributed by atoms with Gasteiger partial charge in [0.05, 0.1) is 16.4 Å². The summed E-state index contributed by atoms with van der Waals surface area (Å²) in [5, 5.41) is 5.98. The highest BCUT2D eigenvalue weighted by Gasteiger charge is 2.14. The zero-order valence-electron chi connectivity index (χ0n) is 18.3. The number of hydrogen-bond acceptors (Lipinski definition) is 5. The predicted octanol–water partition coefficient (Wildman–Crippen LogP) is 7.85. The molecule has 0 aliphatic rings. The first-order valence-corrected chi connectivity index (χ1v) is 13.0. The minimum Gasteiger partial charge on any atom is -0.490 e. The zero-order valence-corrected chi connectivity index (χ0v) is 23.5. The lowest BCUT2D eigenvalue weighted by atomic mass is 10.2. The summed E-state index contributed by atoms with van der Waals surface area (Å²) >= 11 is 17.8. The molecule has 1 amide bonds. The Balaban J connectivity index is 1.47. The van der Waals surface area contributed by atoms with Gasteiger partial charge >= 0.3 is 5.91 Å². The maximum atomic E-state index is 12.5. The highest BCUT2D eigenvalue weighted by molar-refractivity contribution is 14.1. The molecule has 0 fully saturated rings. The van der Waals surface area contributed by atoms with E-state index in [1.807, 2.05) is 31.2 Å². The van der Waals surface area contributed by atoms with E-state index < -0.39 is 5.91 Å². The van der Waals surface area contributed by atoms with E-state index in [4.69, 9.17) is 37.1 Å². The van der Waals surface area contributed by atoms with Crippen LogP contribution in [0.1, 0.15) is 28.6 Å². The van der Waals surface area contributed by atoms with Crippen LogP contribution in [0.15, 0.2) is 68.6 Å². The number of nitrogens with zero attached hydrogens (tertiary/aromatic N) is 1. The summed E-state index contributed by atoms with van der Waals surface area (Å²) in [6.07, 6.45) is 1.53. The van der Waals surface area contributed by atoms with Crippen molar-refractivity contribution in [2.45, 2.75) is 13.5 Å². The Kier molecular flexibility index (Phi) is 8.59. The lowest BCUT2D eigenvalue weighted by molar-refractivity contribution is 0.0929. The van der Waals surface area contributed by atoms with Crippen molar-refractivity contribution >= 4 is 84.8 Å². The number of halogens is 4. The first-order chi connectivity index (χ1) is 16.8. The highest BCUT2D eigenvalue weighted by atomic mass is 127. The fourth-order valence-electron chi connectivity index (χ4n) is 3.20. The number of ether oxygens (including phenoxy) is 2.